The van der Waals surface area contributed by atoms with E-state index >= 15 is 0 Å². The monoisotopic (exact) mass is 466 g/mol. The van der Waals surface area contributed by atoms with Gasteiger partial charge in [-0.25, -0.2) is 0 Å². The van der Waals surface area contributed by atoms with Gasteiger partial charge in [0.1, 0.15) is 11.6 Å². The van der Waals surface area contributed by atoms with Gasteiger partial charge < -0.3 is 20.9 Å². The number of carbonyl (C=O) groups excluding carboxylic acids is 3. The molecular weight excluding hydrogens is 428 g/mol. The van der Waals surface area contributed by atoms with Gasteiger partial charge in [0, 0.05) is 36.5 Å². The lowest BCUT2D eigenvalue weighted by Gasteiger charge is -2.38. The van der Waals surface area contributed by atoms with Crippen molar-refractivity contribution in [1.29, 1.82) is 0 Å². The lowest BCUT2D eigenvalue weighted by molar-refractivity contribution is -0.136. The van der Waals surface area contributed by atoms with Crippen LogP contribution in [0, 0.1) is 11.8 Å². The van der Waals surface area contributed by atoms with Gasteiger partial charge >= 0.3 is 0 Å². The molecule has 34 heavy (non-hydrogen) atoms. The number of primary amides is 1. The quantitative estimate of drug-likeness (QED) is 0.583. The van der Waals surface area contributed by atoms with Crippen LogP contribution in [0.3, 0.4) is 0 Å². The van der Waals surface area contributed by atoms with E-state index in [1.807, 2.05) is 19.9 Å². The van der Waals surface area contributed by atoms with Crippen molar-refractivity contribution in [2.45, 2.75) is 90.3 Å². The van der Waals surface area contributed by atoms with Crippen molar-refractivity contribution in [3.05, 3.63) is 35.5 Å². The first kappa shape index (κ1) is 24.3. The van der Waals surface area contributed by atoms with E-state index in [1.54, 1.807) is 0 Å². The molecule has 3 amide bonds. The van der Waals surface area contributed by atoms with Gasteiger partial charge in [-0.2, -0.15) is 0 Å². The normalized spacial score (nSPS) is 21.8. The van der Waals surface area contributed by atoms with Crippen LogP contribution in [0.25, 0.3) is 10.9 Å². The molecule has 0 radical (unpaired) electrons. The number of benzene rings is 1. The Bertz CT molecular complexity index is 1080. The summed E-state index contributed by atoms with van der Waals surface area (Å²) < 4.78 is 2.47. The Morgan fingerprint density at radius 2 is 1.85 bits per heavy atom. The van der Waals surface area contributed by atoms with Crippen molar-refractivity contribution >= 4 is 28.6 Å². The number of nitrogens with one attached hydrogen (secondary N) is 2. The van der Waals surface area contributed by atoms with Crippen LogP contribution in [0.5, 0.6) is 0 Å². The predicted octanol–water partition coefficient (Wildman–Crippen LogP) is 3.21. The first-order valence-electron chi connectivity index (χ1n) is 12.7. The standard InChI is InChI=1S/C27H38N4O3/c1-17(2)24(25(28)33)29-26(34)27(30-18(3)32)14-13-23-21(15-27)20-11-7-8-12-22(20)31(23)16-19-9-5-4-6-10-19/h7-8,11-12,17,19,24H,4-6,9-10,13-16H2,1-3H3,(H2,28,33)(H,29,34)(H,30,32)/t24-,27?/m0/s1. The van der Waals surface area contributed by atoms with E-state index in [2.05, 4.69) is 33.4 Å². The third-order valence-electron chi connectivity index (χ3n) is 7.74. The van der Waals surface area contributed by atoms with Gasteiger partial charge in [0.15, 0.2) is 0 Å². The van der Waals surface area contributed by atoms with E-state index in [0.29, 0.717) is 25.2 Å². The SMILES string of the molecule is CC(=O)NC1(C(=O)N[C@H](C(N)=O)C(C)C)CCc2c(c3ccccc3n2CC2CCCCC2)C1. The minimum atomic E-state index is -1.11. The summed E-state index contributed by atoms with van der Waals surface area (Å²) in [7, 11) is 0. The maximum atomic E-state index is 13.6. The Labute approximate surface area is 201 Å². The second-order valence-corrected chi connectivity index (χ2v) is 10.6. The van der Waals surface area contributed by atoms with Crippen LogP contribution in [-0.2, 0) is 33.8 Å². The van der Waals surface area contributed by atoms with E-state index in [9.17, 15) is 14.4 Å². The Morgan fingerprint density at radius 1 is 1.15 bits per heavy atom. The molecule has 1 unspecified atom stereocenters. The molecule has 1 fully saturated rings. The molecule has 2 aliphatic carbocycles. The highest BCUT2D eigenvalue weighted by Crippen LogP contribution is 2.38. The van der Waals surface area contributed by atoms with Gasteiger partial charge in [0.2, 0.25) is 17.7 Å². The van der Waals surface area contributed by atoms with E-state index in [4.69, 9.17) is 5.73 Å². The largest absolute Gasteiger partial charge is 0.368 e. The number of fused-ring (bicyclic) bond motifs is 3. The van der Waals surface area contributed by atoms with Crippen LogP contribution in [0.15, 0.2) is 24.3 Å². The molecule has 7 nitrogen and oxygen atoms in total. The summed E-state index contributed by atoms with van der Waals surface area (Å²) in [6.07, 6.45) is 8.03. The molecular formula is C27H38N4O3. The maximum Gasteiger partial charge on any atom is 0.246 e. The van der Waals surface area contributed by atoms with Crippen molar-refractivity contribution in [3.63, 3.8) is 0 Å². The van der Waals surface area contributed by atoms with Crippen LogP contribution >= 0.6 is 0 Å². The summed E-state index contributed by atoms with van der Waals surface area (Å²) >= 11 is 0. The third kappa shape index (κ3) is 4.70. The summed E-state index contributed by atoms with van der Waals surface area (Å²) in [5.41, 5.74) is 8.05. The lowest BCUT2D eigenvalue weighted by Crippen LogP contribution is -2.64. The molecule has 0 bridgehead atoms. The number of carbonyl (C=O) groups is 3. The predicted molar refractivity (Wildman–Crippen MR) is 133 cm³/mol. The minimum absolute atomic E-state index is 0.146. The zero-order valence-electron chi connectivity index (χ0n) is 20.7. The molecule has 4 N–H and O–H groups in total. The summed E-state index contributed by atoms with van der Waals surface area (Å²) in [6.45, 7) is 6.13. The molecule has 0 spiro atoms. The van der Waals surface area contributed by atoms with Crippen LogP contribution in [0.2, 0.25) is 0 Å². The second-order valence-electron chi connectivity index (χ2n) is 10.6. The number of rotatable bonds is 7. The average Bonchev–Trinajstić information content (AvgIpc) is 3.10. The number of hydrogen-bond acceptors (Lipinski definition) is 3. The molecule has 0 aliphatic heterocycles. The van der Waals surface area contributed by atoms with E-state index in [-0.39, 0.29) is 17.7 Å². The zero-order valence-corrected chi connectivity index (χ0v) is 20.7. The Balaban J connectivity index is 1.71. The first-order chi connectivity index (χ1) is 16.2. The third-order valence-corrected chi connectivity index (χ3v) is 7.74. The van der Waals surface area contributed by atoms with Crippen molar-refractivity contribution < 1.29 is 14.4 Å². The number of para-hydroxylation sites is 1. The molecule has 2 aromatic rings. The smallest absolute Gasteiger partial charge is 0.246 e. The number of aromatic nitrogens is 1. The van der Waals surface area contributed by atoms with Gasteiger partial charge in [-0.05, 0) is 49.1 Å². The zero-order chi connectivity index (χ0) is 24.5. The molecule has 4 rings (SSSR count). The van der Waals surface area contributed by atoms with Crippen LogP contribution in [0.1, 0.15) is 70.6 Å². The van der Waals surface area contributed by atoms with Crippen molar-refractivity contribution in [3.8, 4) is 0 Å². The van der Waals surface area contributed by atoms with Gasteiger partial charge in [-0.15, -0.1) is 0 Å². The summed E-state index contributed by atoms with van der Waals surface area (Å²) in [6, 6.07) is 7.60. The fourth-order valence-corrected chi connectivity index (χ4v) is 6.01. The average molecular weight is 467 g/mol. The maximum absolute atomic E-state index is 13.6. The molecule has 1 heterocycles. The molecule has 184 valence electrons. The topological polar surface area (TPSA) is 106 Å². The number of hydrogen-bond donors (Lipinski definition) is 3. The van der Waals surface area contributed by atoms with Crippen molar-refractivity contribution in [1.82, 2.24) is 15.2 Å². The van der Waals surface area contributed by atoms with E-state index in [1.165, 1.54) is 50.2 Å². The molecule has 2 atom stereocenters. The van der Waals surface area contributed by atoms with Crippen LogP contribution in [-0.4, -0.2) is 33.9 Å². The lowest BCUT2D eigenvalue weighted by atomic mass is 9.78. The molecule has 1 aromatic heterocycles. The van der Waals surface area contributed by atoms with Crippen LogP contribution < -0.4 is 16.4 Å². The summed E-state index contributed by atoms with van der Waals surface area (Å²) in [5.74, 6) is -0.629. The van der Waals surface area contributed by atoms with Gasteiger partial charge in [-0.3, -0.25) is 14.4 Å². The van der Waals surface area contributed by atoms with Gasteiger partial charge in [-0.1, -0.05) is 51.3 Å². The molecule has 0 saturated heterocycles. The second kappa shape index (κ2) is 9.80. The summed E-state index contributed by atoms with van der Waals surface area (Å²) in [5, 5.41) is 6.95. The minimum Gasteiger partial charge on any atom is -0.368 e. The molecule has 2 aliphatic rings. The van der Waals surface area contributed by atoms with Gasteiger partial charge in [0.05, 0.1) is 0 Å². The van der Waals surface area contributed by atoms with Crippen molar-refractivity contribution in [2.24, 2.45) is 17.6 Å². The number of nitrogens with zero attached hydrogens (tertiary/aromatic N) is 1. The molecule has 7 heteroatoms. The molecule has 1 aromatic carbocycles. The fourth-order valence-electron chi connectivity index (χ4n) is 6.01. The highest BCUT2D eigenvalue weighted by atomic mass is 16.2. The fraction of sp³-hybridized carbons (Fsp3) is 0.593. The summed E-state index contributed by atoms with van der Waals surface area (Å²) in [4.78, 5) is 37.8. The van der Waals surface area contributed by atoms with Gasteiger partial charge in [0.25, 0.3) is 0 Å². The Hall–Kier alpha value is -2.83. The Kier molecular flexibility index (Phi) is 7.01. The van der Waals surface area contributed by atoms with Crippen LogP contribution in [0.4, 0.5) is 0 Å². The van der Waals surface area contributed by atoms with E-state index < -0.39 is 17.5 Å². The Morgan fingerprint density at radius 3 is 2.50 bits per heavy atom. The molecule has 1 saturated carbocycles. The highest BCUT2D eigenvalue weighted by Gasteiger charge is 2.45. The van der Waals surface area contributed by atoms with E-state index in [0.717, 1.165) is 17.5 Å². The highest BCUT2D eigenvalue weighted by molar-refractivity contribution is 5.96. The number of amides is 3. The van der Waals surface area contributed by atoms with Crippen molar-refractivity contribution in [2.75, 3.05) is 0 Å². The number of nitrogens with two attached hydrogens (primary N) is 1. The first-order valence-corrected chi connectivity index (χ1v) is 12.7.